The van der Waals surface area contributed by atoms with Crippen molar-refractivity contribution in [3.63, 3.8) is 0 Å². The molecule has 1 aliphatic carbocycles. The van der Waals surface area contributed by atoms with E-state index in [1.165, 1.54) is 12.0 Å². The molecule has 23 heavy (non-hydrogen) atoms. The molecule has 0 unspecified atom stereocenters. The summed E-state index contributed by atoms with van der Waals surface area (Å²) >= 11 is 12.0. The molecule has 0 aromatic heterocycles. The fourth-order valence-corrected chi connectivity index (χ4v) is 3.33. The van der Waals surface area contributed by atoms with Crippen LogP contribution in [-0.2, 0) is 5.41 Å². The van der Waals surface area contributed by atoms with Gasteiger partial charge in [-0.3, -0.25) is 0 Å². The van der Waals surface area contributed by atoms with Crippen LogP contribution in [0.5, 0.6) is 0 Å². The molecule has 2 amide bonds. The Kier molecular flexibility index (Phi) is 4.79. The van der Waals surface area contributed by atoms with Gasteiger partial charge in [0.2, 0.25) is 0 Å². The highest BCUT2D eigenvalue weighted by Crippen LogP contribution is 2.43. The molecule has 2 aromatic rings. The molecular weight excluding hydrogens is 331 g/mol. The second kappa shape index (κ2) is 6.81. The summed E-state index contributed by atoms with van der Waals surface area (Å²) in [4.78, 5) is 12.2. The highest BCUT2D eigenvalue weighted by Gasteiger charge is 2.38. The summed E-state index contributed by atoms with van der Waals surface area (Å²) in [6.45, 7) is 0.612. The third kappa shape index (κ3) is 3.46. The molecule has 1 aliphatic rings. The Morgan fingerprint density at radius 1 is 1.04 bits per heavy atom. The van der Waals surface area contributed by atoms with Gasteiger partial charge in [-0.05, 0) is 30.5 Å². The van der Waals surface area contributed by atoms with Crippen LogP contribution in [0.1, 0.15) is 24.8 Å². The van der Waals surface area contributed by atoms with Gasteiger partial charge in [0.15, 0.2) is 0 Å². The minimum atomic E-state index is -0.267. The van der Waals surface area contributed by atoms with Crippen molar-refractivity contribution in [2.24, 2.45) is 0 Å². The number of anilines is 1. The number of benzene rings is 2. The molecule has 2 aromatic carbocycles. The molecule has 0 spiro atoms. The summed E-state index contributed by atoms with van der Waals surface area (Å²) in [6, 6.07) is 15.3. The summed E-state index contributed by atoms with van der Waals surface area (Å²) in [5.41, 5.74) is 1.85. The van der Waals surface area contributed by atoms with Crippen molar-refractivity contribution in [3.8, 4) is 0 Å². The van der Waals surface area contributed by atoms with Crippen LogP contribution in [0.25, 0.3) is 0 Å². The van der Waals surface area contributed by atoms with Crippen LogP contribution in [0.4, 0.5) is 10.5 Å². The van der Waals surface area contributed by atoms with Gasteiger partial charge in [0.1, 0.15) is 0 Å². The Bertz CT molecular complexity index is 699. The van der Waals surface area contributed by atoms with Crippen LogP contribution >= 0.6 is 23.2 Å². The zero-order chi connectivity index (χ0) is 16.3. The van der Waals surface area contributed by atoms with E-state index in [9.17, 15) is 4.79 Å². The lowest BCUT2D eigenvalue weighted by molar-refractivity contribution is 0.222. The van der Waals surface area contributed by atoms with E-state index < -0.39 is 0 Å². The number of amides is 2. The third-order valence-electron chi connectivity index (χ3n) is 4.48. The van der Waals surface area contributed by atoms with E-state index in [2.05, 4.69) is 22.8 Å². The molecule has 5 heteroatoms. The normalized spacial score (nSPS) is 15.6. The van der Waals surface area contributed by atoms with E-state index in [0.29, 0.717) is 22.3 Å². The molecule has 0 saturated heterocycles. The zero-order valence-corrected chi connectivity index (χ0v) is 14.1. The van der Waals surface area contributed by atoms with E-state index in [1.54, 1.807) is 18.2 Å². The fraction of sp³-hybridized carbons (Fsp3) is 0.278. The third-order valence-corrected chi connectivity index (χ3v) is 5.30. The van der Waals surface area contributed by atoms with Gasteiger partial charge < -0.3 is 10.6 Å². The first kappa shape index (κ1) is 16.2. The van der Waals surface area contributed by atoms with Gasteiger partial charge in [-0.15, -0.1) is 0 Å². The molecule has 2 N–H and O–H groups in total. The Hall–Kier alpha value is -1.71. The van der Waals surface area contributed by atoms with Crippen molar-refractivity contribution < 1.29 is 4.79 Å². The maximum Gasteiger partial charge on any atom is 0.319 e. The molecule has 3 nitrogen and oxygen atoms in total. The lowest BCUT2D eigenvalue weighted by atomic mass is 9.64. The van der Waals surface area contributed by atoms with Crippen molar-refractivity contribution in [3.05, 3.63) is 64.1 Å². The lowest BCUT2D eigenvalue weighted by Crippen LogP contribution is -2.46. The second-order valence-corrected chi connectivity index (χ2v) is 6.69. The van der Waals surface area contributed by atoms with E-state index in [1.807, 2.05) is 18.2 Å². The summed E-state index contributed by atoms with van der Waals surface area (Å²) in [5.74, 6) is 0. The summed E-state index contributed by atoms with van der Waals surface area (Å²) in [5, 5.41) is 6.50. The van der Waals surface area contributed by atoms with Gasteiger partial charge >= 0.3 is 6.03 Å². The molecule has 0 atom stereocenters. The minimum absolute atomic E-state index is 0.0523. The van der Waals surface area contributed by atoms with Gasteiger partial charge in [0, 0.05) is 12.0 Å². The molecule has 120 valence electrons. The maximum absolute atomic E-state index is 12.2. The minimum Gasteiger partial charge on any atom is -0.337 e. The standard InChI is InChI=1S/C18H18Cl2N2O/c19-14-8-4-9-15(16(14)20)22-17(23)21-12-18(10-5-11-18)13-6-2-1-3-7-13/h1-4,6-9H,5,10-12H2,(H2,21,22,23). The molecule has 1 fully saturated rings. The molecule has 0 aliphatic heterocycles. The number of urea groups is 1. The molecule has 0 radical (unpaired) electrons. The second-order valence-electron chi connectivity index (χ2n) is 5.91. The molecule has 1 saturated carbocycles. The number of hydrogen-bond donors (Lipinski definition) is 2. The molecule has 0 heterocycles. The van der Waals surface area contributed by atoms with Gasteiger partial charge in [-0.2, -0.15) is 0 Å². The van der Waals surface area contributed by atoms with Gasteiger partial charge in [-0.1, -0.05) is 66.0 Å². The van der Waals surface area contributed by atoms with E-state index >= 15 is 0 Å². The number of carbonyl (C=O) groups is 1. The van der Waals surface area contributed by atoms with Crippen LogP contribution in [0.15, 0.2) is 48.5 Å². The number of halogens is 2. The number of carbonyl (C=O) groups excluding carboxylic acids is 1. The van der Waals surface area contributed by atoms with Crippen LogP contribution < -0.4 is 10.6 Å². The fourth-order valence-electron chi connectivity index (χ4n) is 2.98. The van der Waals surface area contributed by atoms with Crippen LogP contribution in [0.3, 0.4) is 0 Å². The van der Waals surface area contributed by atoms with Crippen molar-refractivity contribution in [1.82, 2.24) is 5.32 Å². The van der Waals surface area contributed by atoms with Gasteiger partial charge in [0.05, 0.1) is 15.7 Å². The van der Waals surface area contributed by atoms with Crippen molar-refractivity contribution in [2.75, 3.05) is 11.9 Å². The highest BCUT2D eigenvalue weighted by atomic mass is 35.5. The summed E-state index contributed by atoms with van der Waals surface area (Å²) in [6.07, 6.45) is 3.38. The number of nitrogens with one attached hydrogen (secondary N) is 2. The number of hydrogen-bond acceptors (Lipinski definition) is 1. The largest absolute Gasteiger partial charge is 0.337 e. The quantitative estimate of drug-likeness (QED) is 0.779. The molecule has 0 bridgehead atoms. The van der Waals surface area contributed by atoms with Crippen LogP contribution in [-0.4, -0.2) is 12.6 Å². The van der Waals surface area contributed by atoms with E-state index in [0.717, 1.165) is 12.8 Å². The van der Waals surface area contributed by atoms with Gasteiger partial charge in [-0.25, -0.2) is 4.79 Å². The SMILES string of the molecule is O=C(NCC1(c2ccccc2)CCC1)Nc1cccc(Cl)c1Cl. The van der Waals surface area contributed by atoms with Crippen molar-refractivity contribution in [2.45, 2.75) is 24.7 Å². The average molecular weight is 349 g/mol. The van der Waals surface area contributed by atoms with E-state index in [4.69, 9.17) is 23.2 Å². The Balaban J connectivity index is 1.63. The first-order valence-electron chi connectivity index (χ1n) is 7.65. The monoisotopic (exact) mass is 348 g/mol. The Morgan fingerprint density at radius 3 is 2.43 bits per heavy atom. The predicted molar refractivity (Wildman–Crippen MR) is 95.5 cm³/mol. The van der Waals surface area contributed by atoms with E-state index in [-0.39, 0.29) is 11.4 Å². The molecular formula is C18H18Cl2N2O. The highest BCUT2D eigenvalue weighted by molar-refractivity contribution is 6.43. The maximum atomic E-state index is 12.2. The Labute approximate surface area is 146 Å². The average Bonchev–Trinajstić information content (AvgIpc) is 2.52. The van der Waals surface area contributed by atoms with Gasteiger partial charge in [0.25, 0.3) is 0 Å². The Morgan fingerprint density at radius 2 is 1.78 bits per heavy atom. The van der Waals surface area contributed by atoms with Crippen LogP contribution in [0, 0.1) is 0 Å². The summed E-state index contributed by atoms with van der Waals surface area (Å²) in [7, 11) is 0. The summed E-state index contributed by atoms with van der Waals surface area (Å²) < 4.78 is 0. The first-order chi connectivity index (χ1) is 11.1. The number of rotatable bonds is 4. The predicted octanol–water partition coefficient (Wildman–Crippen LogP) is 5.24. The van der Waals surface area contributed by atoms with Crippen LogP contribution in [0.2, 0.25) is 10.0 Å². The smallest absolute Gasteiger partial charge is 0.319 e. The zero-order valence-electron chi connectivity index (χ0n) is 12.6. The van der Waals surface area contributed by atoms with Crippen molar-refractivity contribution in [1.29, 1.82) is 0 Å². The van der Waals surface area contributed by atoms with Crippen molar-refractivity contribution >= 4 is 34.9 Å². The lowest BCUT2D eigenvalue weighted by Gasteiger charge is -2.42. The molecule has 3 rings (SSSR count). The first-order valence-corrected chi connectivity index (χ1v) is 8.41. The topological polar surface area (TPSA) is 41.1 Å².